The molecule has 3 aromatic rings. The van der Waals surface area contributed by atoms with E-state index in [1.54, 1.807) is 6.33 Å². The number of nitrogens with one attached hydrogen (secondary N) is 1. The Kier molecular flexibility index (Phi) is 4.32. The molecule has 4 rings (SSSR count). The zero-order valence-corrected chi connectivity index (χ0v) is 14.0. The molecule has 6 nitrogen and oxygen atoms in total. The number of nitrogens with zero attached hydrogens (tertiary/aromatic N) is 5. The van der Waals surface area contributed by atoms with E-state index in [1.807, 2.05) is 39.8 Å². The van der Waals surface area contributed by atoms with Gasteiger partial charge in [-0.15, -0.1) is 0 Å². The van der Waals surface area contributed by atoms with Crippen molar-refractivity contribution >= 4 is 11.6 Å². The number of aryl methyl sites for hydroxylation is 1. The van der Waals surface area contributed by atoms with Crippen molar-refractivity contribution in [3.05, 3.63) is 65.0 Å². The van der Waals surface area contributed by atoms with Gasteiger partial charge in [-0.3, -0.25) is 4.68 Å². The molecule has 0 amide bonds. The van der Waals surface area contributed by atoms with Crippen LogP contribution >= 0.6 is 11.6 Å². The van der Waals surface area contributed by atoms with Crippen molar-refractivity contribution in [2.75, 3.05) is 0 Å². The Morgan fingerprint density at radius 2 is 2.17 bits per heavy atom. The lowest BCUT2D eigenvalue weighted by molar-refractivity contribution is 0.358. The van der Waals surface area contributed by atoms with Crippen LogP contribution in [0.25, 0.3) is 0 Å². The maximum absolute atomic E-state index is 6.21. The minimum atomic E-state index is 0.422. The fourth-order valence-electron chi connectivity index (χ4n) is 3.05. The van der Waals surface area contributed by atoms with Gasteiger partial charge in [0, 0.05) is 35.8 Å². The van der Waals surface area contributed by atoms with Gasteiger partial charge < -0.3 is 5.32 Å². The molecular formula is C17H19ClN6. The first-order chi connectivity index (χ1) is 11.8. The zero-order valence-electron chi connectivity index (χ0n) is 13.3. The average Bonchev–Trinajstić information content (AvgIpc) is 3.23. The van der Waals surface area contributed by atoms with Crippen LogP contribution in [0.2, 0.25) is 5.02 Å². The molecule has 3 heterocycles. The molecule has 0 aliphatic carbocycles. The van der Waals surface area contributed by atoms with Crippen LogP contribution < -0.4 is 5.32 Å². The largest absolute Gasteiger partial charge is 0.308 e. The fraction of sp³-hybridized carbons (Fsp3) is 0.353. The number of hydrogen-bond donors (Lipinski definition) is 1. The summed E-state index contributed by atoms with van der Waals surface area (Å²) in [6, 6.07) is 8.29. The van der Waals surface area contributed by atoms with Crippen molar-refractivity contribution in [3.63, 3.8) is 0 Å². The predicted octanol–water partition coefficient (Wildman–Crippen LogP) is 2.28. The van der Waals surface area contributed by atoms with Crippen molar-refractivity contribution < 1.29 is 0 Å². The van der Waals surface area contributed by atoms with Crippen molar-refractivity contribution in [2.24, 2.45) is 0 Å². The quantitative estimate of drug-likeness (QED) is 0.772. The Hall–Kier alpha value is -2.18. The molecule has 0 unspecified atom stereocenters. The molecule has 1 N–H and O–H groups in total. The van der Waals surface area contributed by atoms with E-state index in [0.29, 0.717) is 12.6 Å². The summed E-state index contributed by atoms with van der Waals surface area (Å²) in [7, 11) is 0. The first-order valence-corrected chi connectivity index (χ1v) is 8.50. The monoisotopic (exact) mass is 342 g/mol. The van der Waals surface area contributed by atoms with Crippen LogP contribution in [0, 0.1) is 0 Å². The van der Waals surface area contributed by atoms with E-state index in [2.05, 4.69) is 26.7 Å². The first kappa shape index (κ1) is 15.4. The number of benzene rings is 1. The van der Waals surface area contributed by atoms with E-state index in [-0.39, 0.29) is 0 Å². The minimum absolute atomic E-state index is 0.422. The van der Waals surface area contributed by atoms with Crippen molar-refractivity contribution in [2.45, 2.75) is 38.5 Å². The summed E-state index contributed by atoms with van der Waals surface area (Å²) in [6.07, 6.45) is 7.68. The standard InChI is InChI=1S/C17H19ClN6/c18-16-4-2-1-3-14(16)10-23-9-13(8-21-23)7-19-15-5-6-17-20-12-22-24(17)11-15/h1-4,8-9,12,15,19H,5-7,10-11H2/t15-/m1/s1. The lowest BCUT2D eigenvalue weighted by Gasteiger charge is -2.23. The Bertz CT molecular complexity index is 824. The third-order valence-corrected chi connectivity index (χ3v) is 4.75. The third-order valence-electron chi connectivity index (χ3n) is 4.38. The minimum Gasteiger partial charge on any atom is -0.308 e. The topological polar surface area (TPSA) is 60.6 Å². The van der Waals surface area contributed by atoms with E-state index in [9.17, 15) is 0 Å². The predicted molar refractivity (Wildman–Crippen MR) is 91.8 cm³/mol. The number of hydrogen-bond acceptors (Lipinski definition) is 4. The van der Waals surface area contributed by atoms with Gasteiger partial charge in [-0.1, -0.05) is 29.8 Å². The van der Waals surface area contributed by atoms with Gasteiger partial charge in [-0.05, 0) is 18.1 Å². The number of halogens is 1. The van der Waals surface area contributed by atoms with Crippen LogP contribution in [0.15, 0.2) is 43.0 Å². The van der Waals surface area contributed by atoms with Gasteiger partial charge in [0.2, 0.25) is 0 Å². The van der Waals surface area contributed by atoms with E-state index >= 15 is 0 Å². The highest BCUT2D eigenvalue weighted by molar-refractivity contribution is 6.31. The average molecular weight is 343 g/mol. The van der Waals surface area contributed by atoms with Crippen molar-refractivity contribution in [1.29, 1.82) is 0 Å². The highest BCUT2D eigenvalue weighted by atomic mass is 35.5. The number of aromatic nitrogens is 5. The summed E-state index contributed by atoms with van der Waals surface area (Å²) in [5.41, 5.74) is 2.25. The maximum Gasteiger partial charge on any atom is 0.138 e. The summed E-state index contributed by atoms with van der Waals surface area (Å²) >= 11 is 6.21. The summed E-state index contributed by atoms with van der Waals surface area (Å²) in [6.45, 7) is 2.37. The van der Waals surface area contributed by atoms with Gasteiger partial charge in [-0.2, -0.15) is 10.2 Å². The lowest BCUT2D eigenvalue weighted by atomic mass is 10.1. The van der Waals surface area contributed by atoms with Gasteiger partial charge in [0.15, 0.2) is 0 Å². The molecule has 0 bridgehead atoms. The van der Waals surface area contributed by atoms with Gasteiger partial charge in [0.05, 0.1) is 19.3 Å². The number of fused-ring (bicyclic) bond motifs is 1. The second-order valence-corrected chi connectivity index (χ2v) is 6.52. The summed E-state index contributed by atoms with van der Waals surface area (Å²) < 4.78 is 3.91. The SMILES string of the molecule is Clc1ccccc1Cn1cc(CN[C@@H]2CCc3ncnn3C2)cn1. The number of rotatable bonds is 5. The van der Waals surface area contributed by atoms with Crippen molar-refractivity contribution in [3.8, 4) is 0 Å². The van der Waals surface area contributed by atoms with Crippen LogP contribution in [0.4, 0.5) is 0 Å². The van der Waals surface area contributed by atoms with Crippen molar-refractivity contribution in [1.82, 2.24) is 29.9 Å². The molecular weight excluding hydrogens is 324 g/mol. The van der Waals surface area contributed by atoms with Crippen LogP contribution in [0.3, 0.4) is 0 Å². The highest BCUT2D eigenvalue weighted by Crippen LogP contribution is 2.16. The van der Waals surface area contributed by atoms with E-state index in [4.69, 9.17) is 11.6 Å². The Labute approximate surface area is 145 Å². The van der Waals surface area contributed by atoms with Crippen LogP contribution in [0.1, 0.15) is 23.4 Å². The van der Waals surface area contributed by atoms with E-state index in [1.165, 1.54) is 5.56 Å². The molecule has 2 aromatic heterocycles. The molecule has 124 valence electrons. The molecule has 1 aliphatic rings. The van der Waals surface area contributed by atoms with Gasteiger partial charge >= 0.3 is 0 Å². The van der Waals surface area contributed by atoms with Crippen LogP contribution in [0.5, 0.6) is 0 Å². The molecule has 0 saturated heterocycles. The lowest BCUT2D eigenvalue weighted by Crippen LogP contribution is -2.37. The van der Waals surface area contributed by atoms with Gasteiger partial charge in [0.1, 0.15) is 12.2 Å². The normalized spacial score (nSPS) is 17.0. The molecule has 0 radical (unpaired) electrons. The Morgan fingerprint density at radius 1 is 1.25 bits per heavy atom. The van der Waals surface area contributed by atoms with Crippen LogP contribution in [-0.2, 0) is 26.1 Å². The second kappa shape index (κ2) is 6.75. The molecule has 1 aromatic carbocycles. The molecule has 1 aliphatic heterocycles. The smallest absolute Gasteiger partial charge is 0.138 e. The maximum atomic E-state index is 6.21. The zero-order chi connectivity index (χ0) is 16.4. The molecule has 0 spiro atoms. The molecule has 1 atom stereocenters. The first-order valence-electron chi connectivity index (χ1n) is 8.13. The highest BCUT2D eigenvalue weighted by Gasteiger charge is 2.19. The fourth-order valence-corrected chi connectivity index (χ4v) is 3.25. The third kappa shape index (κ3) is 3.34. The van der Waals surface area contributed by atoms with Gasteiger partial charge in [-0.25, -0.2) is 9.67 Å². The molecule has 24 heavy (non-hydrogen) atoms. The van der Waals surface area contributed by atoms with E-state index in [0.717, 1.165) is 42.3 Å². The molecule has 0 saturated carbocycles. The Morgan fingerprint density at radius 3 is 3.08 bits per heavy atom. The second-order valence-electron chi connectivity index (χ2n) is 6.11. The summed E-state index contributed by atoms with van der Waals surface area (Å²) in [4.78, 5) is 4.26. The van der Waals surface area contributed by atoms with Gasteiger partial charge in [0.25, 0.3) is 0 Å². The molecule has 7 heteroatoms. The Balaban J connectivity index is 1.34. The summed E-state index contributed by atoms with van der Waals surface area (Å²) in [5, 5.41) is 13.1. The van der Waals surface area contributed by atoms with Crippen LogP contribution in [-0.4, -0.2) is 30.6 Å². The summed E-state index contributed by atoms with van der Waals surface area (Å²) in [5.74, 6) is 1.08. The van der Waals surface area contributed by atoms with E-state index < -0.39 is 0 Å². The molecule has 0 fully saturated rings.